The van der Waals surface area contributed by atoms with Gasteiger partial charge in [0.05, 0.1) is 6.61 Å². The van der Waals surface area contributed by atoms with Crippen molar-refractivity contribution in [1.82, 2.24) is 0 Å². The number of hydrogen-bond acceptors (Lipinski definition) is 8. The lowest BCUT2D eigenvalue weighted by Crippen LogP contribution is -2.58. The Labute approximate surface area is 123 Å². The van der Waals surface area contributed by atoms with E-state index in [1.165, 1.54) is 0 Å². The molecular weight excluding hydrogens is 350 g/mol. The van der Waals surface area contributed by atoms with E-state index in [0.29, 0.717) is 0 Å². The molecule has 1 rings (SSSR count). The molecule has 0 spiro atoms. The predicted octanol–water partition coefficient (Wildman–Crippen LogP) is -1.54. The lowest BCUT2D eigenvalue weighted by molar-refractivity contribution is -0.285. The van der Waals surface area contributed by atoms with Gasteiger partial charge in [-0.15, -0.1) is 0 Å². The quantitative estimate of drug-likeness (QED) is 0.351. The summed E-state index contributed by atoms with van der Waals surface area (Å²) in [5.41, 5.74) is 0. The normalized spacial score (nSPS) is 37.3. The Bertz CT molecular complexity index is 409. The van der Waals surface area contributed by atoms with Gasteiger partial charge in [-0.1, -0.05) is 34.8 Å². The molecule has 0 aliphatic carbocycles. The highest BCUT2D eigenvalue weighted by atomic mass is 35.6. The van der Waals surface area contributed by atoms with E-state index in [4.69, 9.17) is 34.8 Å². The SMILES string of the molecule is O=S(=O)(OC[C@H]1O[C@H](O)[C@H](O)[C@@H](O)[C@@H]1O)C(Cl)(Cl)Cl. The second kappa shape index (κ2) is 6.14. The zero-order valence-corrected chi connectivity index (χ0v) is 12.1. The molecule has 1 saturated heterocycles. The topological polar surface area (TPSA) is 134 Å². The minimum Gasteiger partial charge on any atom is -0.387 e. The molecule has 0 saturated carbocycles. The summed E-state index contributed by atoms with van der Waals surface area (Å²) in [6.07, 6.45) is -8.43. The van der Waals surface area contributed by atoms with Crippen LogP contribution in [0.25, 0.3) is 0 Å². The van der Waals surface area contributed by atoms with Crippen LogP contribution < -0.4 is 0 Å². The van der Waals surface area contributed by atoms with E-state index < -0.39 is 50.6 Å². The number of hydrogen-bond donors (Lipinski definition) is 4. The van der Waals surface area contributed by atoms with Gasteiger partial charge in [0.15, 0.2) is 6.29 Å². The van der Waals surface area contributed by atoms with Gasteiger partial charge in [-0.3, -0.25) is 4.18 Å². The fourth-order valence-corrected chi connectivity index (χ4v) is 2.14. The maximum absolute atomic E-state index is 11.3. The first-order valence-corrected chi connectivity index (χ1v) is 7.35. The molecule has 19 heavy (non-hydrogen) atoms. The van der Waals surface area contributed by atoms with Crippen LogP contribution in [0.5, 0.6) is 0 Å². The monoisotopic (exact) mass is 360 g/mol. The van der Waals surface area contributed by atoms with Gasteiger partial charge in [-0.2, -0.15) is 8.42 Å². The third-order valence-corrected chi connectivity index (χ3v) is 5.07. The van der Waals surface area contributed by atoms with Crippen LogP contribution in [0.15, 0.2) is 0 Å². The van der Waals surface area contributed by atoms with Gasteiger partial charge in [0.1, 0.15) is 24.4 Å². The molecule has 1 fully saturated rings. The smallest absolute Gasteiger partial charge is 0.317 e. The maximum atomic E-state index is 11.3. The molecule has 114 valence electrons. The number of ether oxygens (including phenoxy) is 1. The Balaban J connectivity index is 2.69. The summed E-state index contributed by atoms with van der Waals surface area (Å²) in [6, 6.07) is 0. The highest BCUT2D eigenvalue weighted by Gasteiger charge is 2.45. The Hall–Kier alpha value is 0.580. The number of aliphatic hydroxyl groups is 4. The van der Waals surface area contributed by atoms with Crippen LogP contribution in [0.1, 0.15) is 0 Å². The fourth-order valence-electron chi connectivity index (χ4n) is 1.29. The lowest BCUT2D eigenvalue weighted by Gasteiger charge is -2.38. The van der Waals surface area contributed by atoms with Gasteiger partial charge in [0.2, 0.25) is 0 Å². The summed E-state index contributed by atoms with van der Waals surface area (Å²) in [5.74, 6) is 0. The molecule has 12 heteroatoms. The fraction of sp³-hybridized carbons (Fsp3) is 1.00. The molecule has 1 heterocycles. The summed E-state index contributed by atoms with van der Waals surface area (Å²) in [4.78, 5) is 0. The number of alkyl halides is 3. The summed E-state index contributed by atoms with van der Waals surface area (Å²) < 4.78 is 28.9. The van der Waals surface area contributed by atoms with E-state index in [9.17, 15) is 28.8 Å². The van der Waals surface area contributed by atoms with Crippen LogP contribution in [-0.4, -0.2) is 69.3 Å². The second-order valence-corrected chi connectivity index (χ2v) is 8.43. The van der Waals surface area contributed by atoms with Crippen molar-refractivity contribution in [3.63, 3.8) is 0 Å². The Morgan fingerprint density at radius 1 is 1.05 bits per heavy atom. The molecule has 1 aliphatic heterocycles. The zero-order valence-electron chi connectivity index (χ0n) is 9.06. The first-order chi connectivity index (χ1) is 8.47. The van der Waals surface area contributed by atoms with Crippen LogP contribution in [0.2, 0.25) is 0 Å². The average Bonchev–Trinajstić information content (AvgIpc) is 2.28. The van der Waals surface area contributed by atoms with Crippen LogP contribution in [-0.2, 0) is 19.0 Å². The molecule has 8 nitrogen and oxygen atoms in total. The van der Waals surface area contributed by atoms with Crippen LogP contribution >= 0.6 is 34.8 Å². The number of rotatable bonds is 3. The molecule has 0 aromatic rings. The van der Waals surface area contributed by atoms with E-state index in [1.807, 2.05) is 0 Å². The summed E-state index contributed by atoms with van der Waals surface area (Å²) >= 11 is 15.4. The average molecular weight is 362 g/mol. The minimum atomic E-state index is -4.59. The molecule has 5 atom stereocenters. The van der Waals surface area contributed by atoms with Crippen molar-refractivity contribution in [2.45, 2.75) is 33.8 Å². The highest BCUT2D eigenvalue weighted by molar-refractivity contribution is 7.92. The first kappa shape index (κ1) is 17.6. The van der Waals surface area contributed by atoms with Crippen molar-refractivity contribution in [2.75, 3.05) is 6.61 Å². The largest absolute Gasteiger partial charge is 0.387 e. The van der Waals surface area contributed by atoms with Crippen molar-refractivity contribution in [3.8, 4) is 0 Å². The van der Waals surface area contributed by atoms with Crippen molar-refractivity contribution >= 4 is 44.9 Å². The summed E-state index contributed by atoms with van der Waals surface area (Å²) in [6.45, 7) is -0.821. The minimum absolute atomic E-state index is 0.821. The standard InChI is InChI=1S/C7H11Cl3O8S/c8-7(9,10)19(15,16)17-1-2-3(11)4(12)5(13)6(14)18-2/h2-6,11-14H,1H2/t2-,3-,4+,5-,6+/m1/s1. The van der Waals surface area contributed by atoms with Crippen LogP contribution in [0.3, 0.4) is 0 Å². The van der Waals surface area contributed by atoms with Gasteiger partial charge in [-0.25, -0.2) is 0 Å². The third-order valence-electron chi connectivity index (χ3n) is 2.36. The van der Waals surface area contributed by atoms with E-state index in [0.717, 1.165) is 0 Å². The van der Waals surface area contributed by atoms with E-state index in [-0.39, 0.29) is 0 Å². The van der Waals surface area contributed by atoms with Crippen molar-refractivity contribution in [1.29, 1.82) is 0 Å². The van der Waals surface area contributed by atoms with Crippen LogP contribution in [0.4, 0.5) is 0 Å². The Morgan fingerprint density at radius 2 is 1.58 bits per heavy atom. The molecule has 0 amide bonds. The molecular formula is C7H11Cl3O8S. The molecule has 0 unspecified atom stereocenters. The predicted molar refractivity (Wildman–Crippen MR) is 64.1 cm³/mol. The Kier molecular flexibility index (Phi) is 5.70. The number of halogens is 3. The van der Waals surface area contributed by atoms with Crippen molar-refractivity contribution < 1.29 is 37.8 Å². The van der Waals surface area contributed by atoms with E-state index in [2.05, 4.69) is 8.92 Å². The second-order valence-electron chi connectivity index (χ2n) is 3.72. The van der Waals surface area contributed by atoms with Gasteiger partial charge in [0.25, 0.3) is 0 Å². The van der Waals surface area contributed by atoms with Gasteiger partial charge in [-0.05, 0) is 0 Å². The summed E-state index contributed by atoms with van der Waals surface area (Å²) in [5, 5.41) is 37.2. The van der Waals surface area contributed by atoms with Gasteiger partial charge < -0.3 is 25.2 Å². The molecule has 4 N–H and O–H groups in total. The van der Waals surface area contributed by atoms with E-state index >= 15 is 0 Å². The Morgan fingerprint density at radius 3 is 2.05 bits per heavy atom. The van der Waals surface area contributed by atoms with Gasteiger partial charge in [0, 0.05) is 0 Å². The lowest BCUT2D eigenvalue weighted by atomic mass is 10.00. The van der Waals surface area contributed by atoms with E-state index in [1.54, 1.807) is 0 Å². The third kappa shape index (κ3) is 4.03. The molecule has 0 aromatic heterocycles. The first-order valence-electron chi connectivity index (χ1n) is 4.81. The molecule has 1 aliphatic rings. The molecule has 0 aromatic carbocycles. The van der Waals surface area contributed by atoms with Crippen molar-refractivity contribution in [2.24, 2.45) is 0 Å². The van der Waals surface area contributed by atoms with Gasteiger partial charge >= 0.3 is 13.2 Å². The van der Waals surface area contributed by atoms with Crippen LogP contribution in [0, 0.1) is 0 Å². The zero-order chi connectivity index (χ0) is 15.0. The maximum Gasteiger partial charge on any atom is 0.317 e. The number of aliphatic hydroxyl groups excluding tert-OH is 4. The molecule has 0 radical (unpaired) electrons. The highest BCUT2D eigenvalue weighted by Crippen LogP contribution is 2.34. The van der Waals surface area contributed by atoms with Crippen molar-refractivity contribution in [3.05, 3.63) is 0 Å². The summed E-state index contributed by atoms with van der Waals surface area (Å²) in [7, 11) is -4.59. The molecule has 0 bridgehead atoms.